The van der Waals surface area contributed by atoms with Gasteiger partial charge in [0.25, 0.3) is 0 Å². The first-order valence-corrected chi connectivity index (χ1v) is 8.95. The van der Waals surface area contributed by atoms with E-state index in [2.05, 4.69) is 40.2 Å². The van der Waals surface area contributed by atoms with E-state index in [0.717, 1.165) is 38.3 Å². The molecule has 1 amide bonds. The summed E-state index contributed by atoms with van der Waals surface area (Å²) in [5.74, 6) is 0.253. The van der Waals surface area contributed by atoms with Crippen molar-refractivity contribution in [2.45, 2.75) is 27.3 Å². The maximum absolute atomic E-state index is 12.4. The van der Waals surface area contributed by atoms with E-state index in [1.165, 1.54) is 11.1 Å². The smallest absolute Gasteiger partial charge is 0.228 e. The molecule has 0 unspecified atom stereocenters. The van der Waals surface area contributed by atoms with Crippen molar-refractivity contribution in [3.63, 3.8) is 0 Å². The van der Waals surface area contributed by atoms with Crippen LogP contribution in [-0.4, -0.2) is 46.9 Å². The first-order chi connectivity index (χ1) is 11.9. The molecule has 2 aromatic rings. The quantitative estimate of drug-likeness (QED) is 0.861. The van der Waals surface area contributed by atoms with E-state index in [9.17, 15) is 4.79 Å². The van der Waals surface area contributed by atoms with Crippen molar-refractivity contribution in [3.8, 4) is 11.1 Å². The van der Waals surface area contributed by atoms with E-state index in [-0.39, 0.29) is 11.3 Å². The monoisotopic (exact) mass is 337 g/mol. The largest absolute Gasteiger partial charge is 0.340 e. The van der Waals surface area contributed by atoms with E-state index < -0.39 is 0 Å². The van der Waals surface area contributed by atoms with Crippen molar-refractivity contribution in [1.82, 2.24) is 14.8 Å². The average Bonchev–Trinajstić information content (AvgIpc) is 2.62. The van der Waals surface area contributed by atoms with Crippen LogP contribution in [0.25, 0.3) is 11.1 Å². The fraction of sp³-hybridized carbons (Fsp3) is 0.429. The number of benzene rings is 1. The van der Waals surface area contributed by atoms with E-state index in [0.29, 0.717) is 0 Å². The standard InChI is InChI=1S/C21H27N3O/c1-21(2,3)20(25)24-13-11-23(12-14-24)16-18-7-4-5-9-19(18)17-8-6-10-22-15-17/h4-10,15H,11-14,16H2,1-3H3. The summed E-state index contributed by atoms with van der Waals surface area (Å²) in [6.07, 6.45) is 3.72. The Bertz CT molecular complexity index is 713. The number of aromatic nitrogens is 1. The van der Waals surface area contributed by atoms with Crippen molar-refractivity contribution >= 4 is 5.91 Å². The summed E-state index contributed by atoms with van der Waals surface area (Å²) in [5, 5.41) is 0. The summed E-state index contributed by atoms with van der Waals surface area (Å²) >= 11 is 0. The zero-order chi connectivity index (χ0) is 17.9. The van der Waals surface area contributed by atoms with Crippen molar-refractivity contribution in [2.24, 2.45) is 5.41 Å². The number of carbonyl (C=O) groups is 1. The van der Waals surface area contributed by atoms with Crippen molar-refractivity contribution < 1.29 is 4.79 Å². The average molecular weight is 337 g/mol. The third kappa shape index (κ3) is 4.26. The highest BCUT2D eigenvalue weighted by molar-refractivity contribution is 5.81. The third-order valence-electron chi connectivity index (χ3n) is 4.68. The Morgan fingerprint density at radius 1 is 1.04 bits per heavy atom. The highest BCUT2D eigenvalue weighted by Gasteiger charge is 2.29. The molecule has 2 heterocycles. The zero-order valence-corrected chi connectivity index (χ0v) is 15.4. The summed E-state index contributed by atoms with van der Waals surface area (Å²) in [6.45, 7) is 10.3. The molecule has 4 heteroatoms. The molecule has 1 aliphatic rings. The van der Waals surface area contributed by atoms with Gasteiger partial charge in [-0.1, -0.05) is 51.1 Å². The lowest BCUT2D eigenvalue weighted by Gasteiger charge is -2.37. The number of nitrogens with zero attached hydrogens (tertiary/aromatic N) is 3. The third-order valence-corrected chi connectivity index (χ3v) is 4.68. The molecule has 1 aromatic carbocycles. The topological polar surface area (TPSA) is 36.4 Å². The Labute approximate surface area is 150 Å². The van der Waals surface area contributed by atoms with Crippen LogP contribution >= 0.6 is 0 Å². The van der Waals surface area contributed by atoms with Gasteiger partial charge in [0.1, 0.15) is 0 Å². The Morgan fingerprint density at radius 2 is 1.76 bits per heavy atom. The Hall–Kier alpha value is -2.20. The Kier molecular flexibility index (Phi) is 5.19. The highest BCUT2D eigenvalue weighted by atomic mass is 16.2. The van der Waals surface area contributed by atoms with Crippen molar-refractivity contribution in [3.05, 3.63) is 54.4 Å². The van der Waals surface area contributed by atoms with Gasteiger partial charge < -0.3 is 4.90 Å². The first kappa shape index (κ1) is 17.6. The number of rotatable bonds is 3. The molecule has 0 radical (unpaired) electrons. The maximum Gasteiger partial charge on any atom is 0.228 e. The van der Waals surface area contributed by atoms with Gasteiger partial charge in [0.2, 0.25) is 5.91 Å². The minimum Gasteiger partial charge on any atom is -0.340 e. The molecule has 132 valence electrons. The Morgan fingerprint density at radius 3 is 2.40 bits per heavy atom. The molecule has 1 aromatic heterocycles. The first-order valence-electron chi connectivity index (χ1n) is 8.95. The molecule has 1 aliphatic heterocycles. The summed E-state index contributed by atoms with van der Waals surface area (Å²) in [7, 11) is 0. The van der Waals surface area contributed by atoms with Crippen molar-refractivity contribution in [2.75, 3.05) is 26.2 Å². The molecule has 1 saturated heterocycles. The van der Waals surface area contributed by atoms with Crippen LogP contribution in [0, 0.1) is 5.41 Å². The fourth-order valence-corrected chi connectivity index (χ4v) is 3.29. The van der Waals surface area contributed by atoms with Crippen LogP contribution in [0.15, 0.2) is 48.8 Å². The second-order valence-corrected chi connectivity index (χ2v) is 7.72. The van der Waals surface area contributed by atoms with Gasteiger partial charge in [0.15, 0.2) is 0 Å². The molecule has 0 aliphatic carbocycles. The van der Waals surface area contributed by atoms with Gasteiger partial charge in [-0.25, -0.2) is 0 Å². The second-order valence-electron chi connectivity index (χ2n) is 7.72. The molecule has 0 saturated carbocycles. The van der Waals surface area contributed by atoms with Crippen LogP contribution < -0.4 is 0 Å². The lowest BCUT2D eigenvalue weighted by Crippen LogP contribution is -2.51. The van der Waals surface area contributed by atoms with Gasteiger partial charge in [0, 0.05) is 56.1 Å². The number of hydrogen-bond donors (Lipinski definition) is 0. The lowest BCUT2D eigenvalue weighted by atomic mass is 9.94. The molecule has 0 atom stereocenters. The normalized spacial score (nSPS) is 16.0. The summed E-state index contributed by atoms with van der Waals surface area (Å²) in [5.41, 5.74) is 3.41. The van der Waals surface area contributed by atoms with Crippen LogP contribution in [0.2, 0.25) is 0 Å². The fourth-order valence-electron chi connectivity index (χ4n) is 3.29. The van der Waals surface area contributed by atoms with Gasteiger partial charge in [-0.2, -0.15) is 0 Å². The molecule has 25 heavy (non-hydrogen) atoms. The second kappa shape index (κ2) is 7.36. The maximum atomic E-state index is 12.4. The van der Waals surface area contributed by atoms with Crippen LogP contribution in [0.1, 0.15) is 26.3 Å². The molecule has 0 N–H and O–H groups in total. The van der Waals surface area contributed by atoms with E-state index in [1.807, 2.05) is 37.9 Å². The lowest BCUT2D eigenvalue weighted by molar-refractivity contribution is -0.141. The number of piperazine rings is 1. The van der Waals surface area contributed by atoms with Gasteiger partial charge >= 0.3 is 0 Å². The van der Waals surface area contributed by atoms with E-state index >= 15 is 0 Å². The summed E-state index contributed by atoms with van der Waals surface area (Å²) in [4.78, 5) is 21.1. The van der Waals surface area contributed by atoms with Gasteiger partial charge in [-0.15, -0.1) is 0 Å². The van der Waals surface area contributed by atoms with Crippen LogP contribution in [-0.2, 0) is 11.3 Å². The molecule has 1 fully saturated rings. The number of amides is 1. The van der Waals surface area contributed by atoms with Gasteiger partial charge in [-0.05, 0) is 17.2 Å². The minimum absolute atomic E-state index is 0.253. The highest BCUT2D eigenvalue weighted by Crippen LogP contribution is 2.25. The van der Waals surface area contributed by atoms with E-state index in [1.54, 1.807) is 6.20 Å². The zero-order valence-electron chi connectivity index (χ0n) is 15.4. The van der Waals surface area contributed by atoms with Gasteiger partial charge in [-0.3, -0.25) is 14.7 Å². The molecular formula is C21H27N3O. The number of carbonyl (C=O) groups excluding carboxylic acids is 1. The number of hydrogen-bond acceptors (Lipinski definition) is 3. The van der Waals surface area contributed by atoms with E-state index in [4.69, 9.17) is 0 Å². The minimum atomic E-state index is -0.297. The predicted octanol–water partition coefficient (Wildman–Crippen LogP) is 3.44. The molecule has 0 spiro atoms. The van der Waals surface area contributed by atoms with Crippen molar-refractivity contribution in [1.29, 1.82) is 0 Å². The predicted molar refractivity (Wildman–Crippen MR) is 101 cm³/mol. The number of pyridine rings is 1. The van der Waals surface area contributed by atoms with Crippen LogP contribution in [0.3, 0.4) is 0 Å². The molecular weight excluding hydrogens is 310 g/mol. The Balaban J connectivity index is 1.67. The summed E-state index contributed by atoms with van der Waals surface area (Å²) < 4.78 is 0. The molecule has 4 nitrogen and oxygen atoms in total. The summed E-state index contributed by atoms with van der Waals surface area (Å²) in [6, 6.07) is 12.6. The van der Waals surface area contributed by atoms with Crippen LogP contribution in [0.4, 0.5) is 0 Å². The SMILES string of the molecule is CC(C)(C)C(=O)N1CCN(Cc2ccccc2-c2cccnc2)CC1. The molecule has 3 rings (SSSR count). The molecule has 0 bridgehead atoms. The van der Waals surface area contributed by atoms with Gasteiger partial charge in [0.05, 0.1) is 0 Å². The van der Waals surface area contributed by atoms with Crippen LogP contribution in [0.5, 0.6) is 0 Å².